The summed E-state index contributed by atoms with van der Waals surface area (Å²) in [4.78, 5) is 63.1. The van der Waals surface area contributed by atoms with Crippen LogP contribution < -0.4 is 15.8 Å². The zero-order valence-electron chi connectivity index (χ0n) is 27.9. The number of anilines is 2. The van der Waals surface area contributed by atoms with Crippen molar-refractivity contribution in [2.75, 3.05) is 51.4 Å². The van der Waals surface area contributed by atoms with Gasteiger partial charge < -0.3 is 40.9 Å². The summed E-state index contributed by atoms with van der Waals surface area (Å²) in [6.07, 6.45) is 6.88. The third kappa shape index (κ3) is 11.8. The van der Waals surface area contributed by atoms with Gasteiger partial charge in [0.2, 0.25) is 0 Å². The smallest absolute Gasteiger partial charge is 0.409 e. The van der Waals surface area contributed by atoms with E-state index in [1.54, 1.807) is 18.2 Å². The summed E-state index contributed by atoms with van der Waals surface area (Å²) in [6.45, 7) is 4.54. The number of methoxy groups -OCH3 is 1. The maximum absolute atomic E-state index is 11.1. The average molecular weight is 713 g/mol. The first-order chi connectivity index (χ1) is 24.2. The largest absolute Gasteiger partial charge is 0.495 e. The highest BCUT2D eigenvalue weighted by atomic mass is 16.5. The number of nitrogen functional groups attached to an aromatic ring is 1. The van der Waals surface area contributed by atoms with E-state index >= 15 is 0 Å². The van der Waals surface area contributed by atoms with Crippen LogP contribution >= 0.6 is 0 Å². The first-order valence-electron chi connectivity index (χ1n) is 15.6. The van der Waals surface area contributed by atoms with E-state index in [0.29, 0.717) is 58.7 Å². The molecule has 0 spiro atoms. The van der Waals surface area contributed by atoms with E-state index in [-0.39, 0.29) is 6.04 Å². The fourth-order valence-electron chi connectivity index (χ4n) is 5.65. The molecule has 19 heteroatoms. The van der Waals surface area contributed by atoms with Gasteiger partial charge in [0.1, 0.15) is 23.6 Å². The molecular weight excluding hydrogens is 672 g/mol. The van der Waals surface area contributed by atoms with Crippen LogP contribution in [-0.4, -0.2) is 131 Å². The third-order valence-corrected chi connectivity index (χ3v) is 8.04. The minimum Gasteiger partial charge on any atom is -0.495 e. The molecule has 0 bridgehead atoms. The first-order valence-corrected chi connectivity index (χ1v) is 15.6. The molecule has 1 saturated heterocycles. The van der Waals surface area contributed by atoms with E-state index in [4.69, 9.17) is 41.1 Å². The molecule has 3 aromatic rings. The number of fused-ring (bicyclic) bond motifs is 1. The van der Waals surface area contributed by atoms with Gasteiger partial charge in [0.25, 0.3) is 0 Å². The van der Waals surface area contributed by atoms with Crippen LogP contribution in [0.5, 0.6) is 5.75 Å². The second-order valence-electron chi connectivity index (χ2n) is 11.4. The van der Waals surface area contributed by atoms with Crippen LogP contribution in [0.1, 0.15) is 31.7 Å². The van der Waals surface area contributed by atoms with Gasteiger partial charge in [0.05, 0.1) is 24.2 Å². The molecule has 1 saturated carbocycles. The molecule has 19 nitrogen and oxygen atoms in total. The van der Waals surface area contributed by atoms with Crippen LogP contribution in [0.4, 0.5) is 16.3 Å². The van der Waals surface area contributed by atoms with Crippen molar-refractivity contribution in [1.82, 2.24) is 29.5 Å². The Kier molecular flexibility index (Phi) is 14.4. The zero-order chi connectivity index (χ0) is 37.7. The SMILES string of the molecule is COc1cc(-c2nn(C3CCC(N4CCN(C)CC4)CC3)c3ncnc(N)c23)ccc1NC(=O)O.O=C(O)/C=C\C(=O)O.O=C(O)/C=C\C(=O)O. The molecule has 51 heavy (non-hydrogen) atoms. The average Bonchev–Trinajstić information content (AvgIpc) is 3.48. The number of carbonyl (C=O) groups is 5. The first kappa shape index (κ1) is 39.4. The van der Waals surface area contributed by atoms with Crippen LogP contribution in [0.15, 0.2) is 48.8 Å². The highest BCUT2D eigenvalue weighted by Crippen LogP contribution is 2.39. The van der Waals surface area contributed by atoms with E-state index < -0.39 is 30.0 Å². The van der Waals surface area contributed by atoms with Crippen molar-refractivity contribution in [2.24, 2.45) is 0 Å². The molecule has 0 atom stereocenters. The Labute approximate surface area is 291 Å². The van der Waals surface area contributed by atoms with Gasteiger partial charge in [-0.25, -0.2) is 38.6 Å². The Morgan fingerprint density at radius 1 is 0.824 bits per heavy atom. The summed E-state index contributed by atoms with van der Waals surface area (Å²) in [6, 6.07) is 6.08. The molecule has 1 amide bonds. The minimum absolute atomic E-state index is 0.235. The number of nitrogens with zero attached hydrogens (tertiary/aromatic N) is 6. The van der Waals surface area contributed by atoms with E-state index in [9.17, 15) is 24.0 Å². The molecule has 3 heterocycles. The maximum atomic E-state index is 11.1. The van der Waals surface area contributed by atoms with E-state index in [1.165, 1.54) is 13.4 Å². The highest BCUT2D eigenvalue weighted by molar-refractivity contribution is 5.99. The van der Waals surface area contributed by atoms with Gasteiger partial charge in [-0.3, -0.25) is 10.2 Å². The number of piperazine rings is 1. The molecule has 1 aliphatic heterocycles. The fourth-order valence-corrected chi connectivity index (χ4v) is 5.65. The molecule has 1 aromatic carbocycles. The second kappa shape index (κ2) is 18.6. The number of benzene rings is 1. The lowest BCUT2D eigenvalue weighted by Crippen LogP contribution is -2.49. The number of carboxylic acids is 4. The number of nitrogens with two attached hydrogens (primary N) is 1. The summed E-state index contributed by atoms with van der Waals surface area (Å²) in [7, 11) is 3.69. The number of likely N-dealkylation sites (N-methyl/N-ethyl adjacent to an activating group) is 1. The number of ether oxygens (including phenoxy) is 1. The van der Waals surface area contributed by atoms with Crippen molar-refractivity contribution in [1.29, 1.82) is 0 Å². The van der Waals surface area contributed by atoms with Crippen LogP contribution in [-0.2, 0) is 19.2 Å². The summed E-state index contributed by atoms with van der Waals surface area (Å²) in [5, 5.41) is 48.4. The topological polar surface area (TPSA) is 284 Å². The quantitative estimate of drug-likeness (QED) is 0.157. The molecule has 5 rings (SSSR count). The lowest BCUT2D eigenvalue weighted by Gasteiger charge is -2.41. The lowest BCUT2D eigenvalue weighted by atomic mass is 9.90. The number of carboxylic acid groups (broad SMARTS) is 5. The maximum Gasteiger partial charge on any atom is 0.409 e. The Morgan fingerprint density at radius 3 is 1.84 bits per heavy atom. The second-order valence-corrected chi connectivity index (χ2v) is 11.4. The molecule has 0 radical (unpaired) electrons. The fraction of sp³-hybridized carbons (Fsp3) is 0.375. The lowest BCUT2D eigenvalue weighted by molar-refractivity contribution is -0.134. The van der Waals surface area contributed by atoms with Gasteiger partial charge in [0, 0.05) is 62.1 Å². The Balaban J connectivity index is 0.000000366. The number of nitrogens with one attached hydrogen (secondary N) is 1. The highest BCUT2D eigenvalue weighted by Gasteiger charge is 2.31. The predicted molar refractivity (Wildman–Crippen MR) is 183 cm³/mol. The number of hydrogen-bond donors (Lipinski definition) is 7. The summed E-state index contributed by atoms with van der Waals surface area (Å²) < 4.78 is 7.43. The number of aromatic nitrogens is 4. The number of amides is 1. The molecule has 2 aliphatic rings. The van der Waals surface area contributed by atoms with Gasteiger partial charge in [0.15, 0.2) is 5.65 Å². The molecule has 0 unspecified atom stereocenters. The van der Waals surface area contributed by atoms with Crippen molar-refractivity contribution in [3.05, 3.63) is 48.8 Å². The van der Waals surface area contributed by atoms with Crippen molar-refractivity contribution in [2.45, 2.75) is 37.8 Å². The van der Waals surface area contributed by atoms with Gasteiger partial charge in [-0.15, -0.1) is 0 Å². The molecular formula is C32H40N8O11. The van der Waals surface area contributed by atoms with E-state index in [1.807, 2.05) is 4.68 Å². The van der Waals surface area contributed by atoms with Crippen molar-refractivity contribution in [3.8, 4) is 17.0 Å². The number of hydrogen-bond acceptors (Lipinski definition) is 12. The monoisotopic (exact) mass is 712 g/mol. The summed E-state index contributed by atoms with van der Waals surface area (Å²) in [5.41, 5.74) is 8.81. The third-order valence-electron chi connectivity index (χ3n) is 8.04. The van der Waals surface area contributed by atoms with E-state index in [2.05, 4.69) is 32.1 Å². The van der Waals surface area contributed by atoms with Crippen molar-refractivity contribution in [3.63, 3.8) is 0 Å². The Hall–Kier alpha value is -6.08. The zero-order valence-corrected chi connectivity index (χ0v) is 27.9. The van der Waals surface area contributed by atoms with Crippen LogP contribution in [0, 0.1) is 0 Å². The van der Waals surface area contributed by atoms with Crippen LogP contribution in [0.3, 0.4) is 0 Å². The van der Waals surface area contributed by atoms with E-state index in [0.717, 1.165) is 63.1 Å². The molecule has 8 N–H and O–H groups in total. The normalized spacial score (nSPS) is 17.9. The summed E-state index contributed by atoms with van der Waals surface area (Å²) >= 11 is 0. The van der Waals surface area contributed by atoms with Gasteiger partial charge >= 0.3 is 30.0 Å². The summed E-state index contributed by atoms with van der Waals surface area (Å²) in [5.74, 6) is -4.26. The van der Waals surface area contributed by atoms with Crippen molar-refractivity contribution >= 4 is 52.5 Å². The van der Waals surface area contributed by atoms with Gasteiger partial charge in [-0.2, -0.15) is 5.10 Å². The number of rotatable bonds is 9. The van der Waals surface area contributed by atoms with Crippen LogP contribution in [0.25, 0.3) is 22.3 Å². The molecule has 2 fully saturated rings. The number of aliphatic carboxylic acids is 4. The molecule has 1 aliphatic carbocycles. The van der Waals surface area contributed by atoms with Gasteiger partial charge in [-0.05, 0) is 44.9 Å². The standard InChI is InChI=1S/C24H32N8O3.2C4H4O4/c1-30-9-11-31(12-10-30)16-4-6-17(7-5-16)32-23-20(22(25)26-14-27-23)21(29-32)15-3-8-18(28-24(33)34)19(13-15)35-2;2*5-3(6)1-2-4(7)8/h3,8,13-14,16-17,28H,4-7,9-12H2,1-2H3,(H,33,34)(H2,25,26,27);2*1-2H,(H,5,6)(H,7,8)/b;2*2-1-. The van der Waals surface area contributed by atoms with Gasteiger partial charge in [-0.1, -0.05) is 6.07 Å². The Morgan fingerprint density at radius 2 is 1.35 bits per heavy atom. The molecule has 2 aromatic heterocycles. The Bertz CT molecular complexity index is 1710. The van der Waals surface area contributed by atoms with Crippen LogP contribution in [0.2, 0.25) is 0 Å². The predicted octanol–water partition coefficient (Wildman–Crippen LogP) is 2.33. The minimum atomic E-state index is -1.26. The molecule has 274 valence electrons. The van der Waals surface area contributed by atoms with Crippen molar-refractivity contribution < 1.29 is 54.2 Å².